The molecule has 1 heterocycles. The number of nitrogens with zero attached hydrogens (tertiary/aromatic N) is 1. The summed E-state index contributed by atoms with van der Waals surface area (Å²) in [6, 6.07) is 3.51. The summed E-state index contributed by atoms with van der Waals surface area (Å²) in [5.74, 6) is -0.492. The highest BCUT2D eigenvalue weighted by Gasteiger charge is 2.22. The van der Waals surface area contributed by atoms with Crippen LogP contribution in [0.3, 0.4) is 0 Å². The van der Waals surface area contributed by atoms with Gasteiger partial charge in [0, 0.05) is 18.6 Å². The number of nitrogens with one attached hydrogen (secondary N) is 1. The summed E-state index contributed by atoms with van der Waals surface area (Å²) in [6.45, 7) is 2.00. The summed E-state index contributed by atoms with van der Waals surface area (Å²) in [6.07, 6.45) is 3.11. The molecule has 1 aliphatic heterocycles. The van der Waals surface area contributed by atoms with E-state index in [2.05, 4.69) is 5.32 Å². The predicted octanol–water partition coefficient (Wildman–Crippen LogP) is 2.59. The lowest BCUT2D eigenvalue weighted by molar-refractivity contribution is -0.384. The first-order valence-corrected chi connectivity index (χ1v) is 6.88. The van der Waals surface area contributed by atoms with Gasteiger partial charge in [-0.2, -0.15) is 0 Å². The van der Waals surface area contributed by atoms with Crippen LogP contribution in [-0.4, -0.2) is 28.1 Å². The first-order valence-electron chi connectivity index (χ1n) is 6.88. The zero-order chi connectivity index (χ0) is 15.4. The average molecular weight is 294 g/mol. The van der Waals surface area contributed by atoms with Crippen LogP contribution in [-0.2, 0) is 9.53 Å². The van der Waals surface area contributed by atoms with Crippen LogP contribution in [0.25, 0.3) is 0 Å². The highest BCUT2D eigenvalue weighted by atomic mass is 16.6. The maximum absolute atomic E-state index is 11.8. The standard InChI is InChI=1S/C14H18N2O5/c1-9-2-4-11(21-9)5-7-14(18)15-12-8-10(16(19)20)3-6-13(12)17/h3,6,8-9,11,17H,2,4-5,7H2,1H3,(H,15,18)/t9-,11-/m0/s1. The van der Waals surface area contributed by atoms with Crippen molar-refractivity contribution in [3.63, 3.8) is 0 Å². The number of non-ortho nitro benzene ring substituents is 1. The van der Waals surface area contributed by atoms with E-state index < -0.39 is 4.92 Å². The van der Waals surface area contributed by atoms with Gasteiger partial charge < -0.3 is 15.2 Å². The van der Waals surface area contributed by atoms with Gasteiger partial charge in [0.2, 0.25) is 5.91 Å². The van der Waals surface area contributed by atoms with Crippen LogP contribution in [0.15, 0.2) is 18.2 Å². The highest BCUT2D eigenvalue weighted by Crippen LogP contribution is 2.28. The molecule has 2 N–H and O–H groups in total. The number of nitro groups is 1. The summed E-state index contributed by atoms with van der Waals surface area (Å²) in [5, 5.41) is 22.8. The number of aromatic hydroxyl groups is 1. The van der Waals surface area contributed by atoms with Gasteiger partial charge in [0.25, 0.3) is 5.69 Å². The van der Waals surface area contributed by atoms with E-state index in [0.29, 0.717) is 6.42 Å². The van der Waals surface area contributed by atoms with E-state index in [-0.39, 0.29) is 41.7 Å². The fourth-order valence-corrected chi connectivity index (χ4v) is 2.34. The van der Waals surface area contributed by atoms with Gasteiger partial charge >= 0.3 is 0 Å². The Balaban J connectivity index is 1.90. The number of carbonyl (C=O) groups excluding carboxylic acids is 1. The fraction of sp³-hybridized carbons (Fsp3) is 0.500. The zero-order valence-electron chi connectivity index (χ0n) is 11.7. The minimum atomic E-state index is -0.581. The Morgan fingerprint density at radius 2 is 2.29 bits per heavy atom. The molecule has 0 unspecified atom stereocenters. The van der Waals surface area contributed by atoms with Crippen molar-refractivity contribution in [2.24, 2.45) is 0 Å². The van der Waals surface area contributed by atoms with Crippen molar-refractivity contribution >= 4 is 17.3 Å². The lowest BCUT2D eigenvalue weighted by atomic mass is 10.1. The highest BCUT2D eigenvalue weighted by molar-refractivity contribution is 5.92. The molecule has 21 heavy (non-hydrogen) atoms. The van der Waals surface area contributed by atoms with Crippen molar-refractivity contribution in [1.29, 1.82) is 0 Å². The Labute approximate surface area is 122 Å². The van der Waals surface area contributed by atoms with Crippen LogP contribution >= 0.6 is 0 Å². The van der Waals surface area contributed by atoms with Crippen molar-refractivity contribution in [2.75, 3.05) is 5.32 Å². The van der Waals surface area contributed by atoms with Crippen molar-refractivity contribution in [1.82, 2.24) is 0 Å². The molecule has 0 spiro atoms. The molecule has 0 aromatic heterocycles. The number of amides is 1. The number of phenols is 1. The van der Waals surface area contributed by atoms with E-state index in [0.717, 1.165) is 18.9 Å². The van der Waals surface area contributed by atoms with Crippen LogP contribution < -0.4 is 5.32 Å². The second-order valence-electron chi connectivity index (χ2n) is 5.19. The van der Waals surface area contributed by atoms with Crippen LogP contribution in [0, 0.1) is 10.1 Å². The third-order valence-electron chi connectivity index (χ3n) is 3.48. The summed E-state index contributed by atoms with van der Waals surface area (Å²) in [4.78, 5) is 21.9. The first kappa shape index (κ1) is 15.2. The lowest BCUT2D eigenvalue weighted by Gasteiger charge is -2.11. The zero-order valence-corrected chi connectivity index (χ0v) is 11.7. The number of phenolic OH excluding ortho intramolecular Hbond substituents is 1. The molecule has 1 aliphatic rings. The van der Waals surface area contributed by atoms with Crippen LogP contribution in [0.4, 0.5) is 11.4 Å². The van der Waals surface area contributed by atoms with Crippen molar-refractivity contribution < 1.29 is 19.6 Å². The molecular formula is C14H18N2O5. The number of hydrogen-bond acceptors (Lipinski definition) is 5. The minimum absolute atomic E-state index is 0.0508. The SMILES string of the molecule is C[C@H]1CC[C@@H](CCC(=O)Nc2cc([N+](=O)[O-])ccc2O)O1. The molecule has 0 radical (unpaired) electrons. The molecule has 2 rings (SSSR count). The second kappa shape index (κ2) is 6.53. The normalized spacial score (nSPS) is 21.2. The van der Waals surface area contributed by atoms with Crippen molar-refractivity contribution in [3.05, 3.63) is 28.3 Å². The van der Waals surface area contributed by atoms with Gasteiger partial charge in [-0.25, -0.2) is 0 Å². The fourth-order valence-electron chi connectivity index (χ4n) is 2.34. The van der Waals surface area contributed by atoms with Gasteiger partial charge in [-0.1, -0.05) is 0 Å². The largest absolute Gasteiger partial charge is 0.506 e. The third-order valence-corrected chi connectivity index (χ3v) is 3.48. The van der Waals surface area contributed by atoms with E-state index in [1.807, 2.05) is 6.92 Å². The molecule has 1 amide bonds. The summed E-state index contributed by atoms with van der Waals surface area (Å²) in [5.41, 5.74) is -0.133. The molecule has 7 heteroatoms. The number of hydrogen-bond donors (Lipinski definition) is 2. The molecule has 1 fully saturated rings. The Morgan fingerprint density at radius 3 is 2.90 bits per heavy atom. The Morgan fingerprint density at radius 1 is 1.52 bits per heavy atom. The summed E-state index contributed by atoms with van der Waals surface area (Å²) >= 11 is 0. The monoisotopic (exact) mass is 294 g/mol. The van der Waals surface area contributed by atoms with Crippen LogP contribution in [0.5, 0.6) is 5.75 Å². The van der Waals surface area contributed by atoms with Gasteiger partial charge in [-0.15, -0.1) is 0 Å². The van der Waals surface area contributed by atoms with Crippen molar-refractivity contribution in [3.8, 4) is 5.75 Å². The number of ether oxygens (including phenoxy) is 1. The van der Waals surface area contributed by atoms with Gasteiger partial charge in [0.15, 0.2) is 0 Å². The number of carbonyl (C=O) groups is 1. The molecule has 2 atom stereocenters. The Bertz CT molecular complexity index is 546. The average Bonchev–Trinajstić information content (AvgIpc) is 2.84. The van der Waals surface area contributed by atoms with E-state index >= 15 is 0 Å². The maximum Gasteiger partial charge on any atom is 0.271 e. The van der Waals surface area contributed by atoms with Crippen LogP contribution in [0.1, 0.15) is 32.6 Å². The lowest BCUT2D eigenvalue weighted by Crippen LogP contribution is -2.16. The third kappa shape index (κ3) is 4.16. The molecule has 0 aliphatic carbocycles. The van der Waals surface area contributed by atoms with Gasteiger partial charge in [-0.05, 0) is 32.3 Å². The van der Waals surface area contributed by atoms with Gasteiger partial charge in [0.1, 0.15) is 5.75 Å². The molecule has 1 aromatic rings. The summed E-state index contributed by atoms with van der Waals surface area (Å²) in [7, 11) is 0. The van der Waals surface area contributed by atoms with E-state index in [9.17, 15) is 20.0 Å². The van der Waals surface area contributed by atoms with E-state index in [1.165, 1.54) is 12.1 Å². The molecule has 1 aromatic carbocycles. The quantitative estimate of drug-likeness (QED) is 0.493. The number of rotatable bonds is 5. The van der Waals surface area contributed by atoms with E-state index in [4.69, 9.17) is 4.74 Å². The Hall–Kier alpha value is -2.15. The van der Waals surface area contributed by atoms with Gasteiger partial charge in [-0.3, -0.25) is 14.9 Å². The van der Waals surface area contributed by atoms with Gasteiger partial charge in [0.05, 0.1) is 22.8 Å². The second-order valence-corrected chi connectivity index (χ2v) is 5.19. The van der Waals surface area contributed by atoms with Crippen LogP contribution in [0.2, 0.25) is 0 Å². The molecular weight excluding hydrogens is 276 g/mol. The maximum atomic E-state index is 11.8. The smallest absolute Gasteiger partial charge is 0.271 e. The Kier molecular flexibility index (Phi) is 4.74. The number of benzene rings is 1. The predicted molar refractivity (Wildman–Crippen MR) is 76.2 cm³/mol. The molecule has 0 saturated carbocycles. The number of anilines is 1. The first-order chi connectivity index (χ1) is 9.95. The number of nitro benzene ring substituents is 1. The molecule has 1 saturated heterocycles. The minimum Gasteiger partial charge on any atom is -0.506 e. The summed E-state index contributed by atoms with van der Waals surface area (Å²) < 4.78 is 5.62. The molecule has 7 nitrogen and oxygen atoms in total. The topological polar surface area (TPSA) is 102 Å². The van der Waals surface area contributed by atoms with E-state index in [1.54, 1.807) is 0 Å². The molecule has 0 bridgehead atoms. The molecule has 114 valence electrons. The van der Waals surface area contributed by atoms with Crippen molar-refractivity contribution in [2.45, 2.75) is 44.8 Å².